The van der Waals surface area contributed by atoms with Crippen molar-refractivity contribution in [2.45, 2.75) is 33.1 Å². The fourth-order valence-corrected chi connectivity index (χ4v) is 2.09. The molecule has 3 nitrogen and oxygen atoms in total. The average Bonchev–Trinajstić information content (AvgIpc) is 2.50. The normalized spacial score (nSPS) is 10.8. The number of unbranched alkanes of at least 4 members (excludes halogenated alkanes) is 1. The van der Waals surface area contributed by atoms with E-state index in [0.717, 1.165) is 45.7 Å². The summed E-state index contributed by atoms with van der Waals surface area (Å²) < 4.78 is 5.32. The molecular weight excluding hydrogens is 248 g/mol. The van der Waals surface area contributed by atoms with E-state index < -0.39 is 0 Å². The molecule has 0 saturated heterocycles. The Morgan fingerprint density at radius 3 is 2.45 bits per heavy atom. The standard InChI is InChI=1S/C17H30N2O/c1-4-16-8-10-17(11-9-16)19(3)14-13-18-12-6-7-15-20-5-2/h8-11,18H,4-7,12-15H2,1-3H3. The van der Waals surface area contributed by atoms with E-state index in [9.17, 15) is 0 Å². The Morgan fingerprint density at radius 1 is 1.05 bits per heavy atom. The third kappa shape index (κ3) is 6.92. The number of anilines is 1. The van der Waals surface area contributed by atoms with Crippen LogP contribution in [0.2, 0.25) is 0 Å². The van der Waals surface area contributed by atoms with Crippen LogP contribution in [0.15, 0.2) is 24.3 Å². The van der Waals surface area contributed by atoms with Gasteiger partial charge in [0.1, 0.15) is 0 Å². The van der Waals surface area contributed by atoms with Gasteiger partial charge < -0.3 is 15.0 Å². The molecule has 0 atom stereocenters. The van der Waals surface area contributed by atoms with Gasteiger partial charge in [0.15, 0.2) is 0 Å². The van der Waals surface area contributed by atoms with E-state index in [0.29, 0.717) is 0 Å². The molecule has 1 aromatic rings. The first-order valence-electron chi connectivity index (χ1n) is 7.86. The molecule has 0 spiro atoms. The van der Waals surface area contributed by atoms with Gasteiger partial charge in [0.05, 0.1) is 0 Å². The molecular formula is C17H30N2O. The van der Waals surface area contributed by atoms with Crippen molar-refractivity contribution in [3.05, 3.63) is 29.8 Å². The lowest BCUT2D eigenvalue weighted by Crippen LogP contribution is -2.29. The summed E-state index contributed by atoms with van der Waals surface area (Å²) in [5, 5.41) is 3.49. The van der Waals surface area contributed by atoms with Gasteiger partial charge in [-0.3, -0.25) is 0 Å². The molecule has 0 aliphatic rings. The minimum atomic E-state index is 0.828. The largest absolute Gasteiger partial charge is 0.382 e. The molecule has 0 aliphatic carbocycles. The summed E-state index contributed by atoms with van der Waals surface area (Å²) in [6.07, 6.45) is 3.44. The van der Waals surface area contributed by atoms with Crippen LogP contribution in [0.25, 0.3) is 0 Å². The van der Waals surface area contributed by atoms with E-state index in [1.165, 1.54) is 17.7 Å². The van der Waals surface area contributed by atoms with Crippen LogP contribution < -0.4 is 10.2 Å². The van der Waals surface area contributed by atoms with Crippen LogP contribution in [-0.4, -0.2) is 39.9 Å². The van der Waals surface area contributed by atoms with Crippen molar-refractivity contribution >= 4 is 5.69 Å². The van der Waals surface area contributed by atoms with Gasteiger partial charge in [-0.25, -0.2) is 0 Å². The van der Waals surface area contributed by atoms with Gasteiger partial charge in [-0.1, -0.05) is 19.1 Å². The number of ether oxygens (including phenoxy) is 1. The molecule has 0 aromatic heterocycles. The molecule has 0 radical (unpaired) electrons. The number of hydrogen-bond donors (Lipinski definition) is 1. The Bertz CT molecular complexity index is 337. The van der Waals surface area contributed by atoms with Crippen LogP contribution >= 0.6 is 0 Å². The molecule has 0 heterocycles. The minimum Gasteiger partial charge on any atom is -0.382 e. The molecule has 0 unspecified atom stereocenters. The first-order chi connectivity index (χ1) is 9.77. The molecule has 1 N–H and O–H groups in total. The Hall–Kier alpha value is -1.06. The van der Waals surface area contributed by atoms with Gasteiger partial charge in [0, 0.05) is 39.0 Å². The van der Waals surface area contributed by atoms with Crippen molar-refractivity contribution in [3.8, 4) is 0 Å². The second-order valence-electron chi connectivity index (χ2n) is 5.10. The Morgan fingerprint density at radius 2 is 1.80 bits per heavy atom. The summed E-state index contributed by atoms with van der Waals surface area (Å²) in [6, 6.07) is 8.85. The molecule has 0 aliphatic heterocycles. The zero-order chi connectivity index (χ0) is 14.6. The summed E-state index contributed by atoms with van der Waals surface area (Å²) in [6.45, 7) is 9.10. The van der Waals surface area contributed by atoms with E-state index >= 15 is 0 Å². The van der Waals surface area contributed by atoms with Crippen molar-refractivity contribution in [2.75, 3.05) is 44.8 Å². The van der Waals surface area contributed by atoms with Crippen LogP contribution in [0.5, 0.6) is 0 Å². The van der Waals surface area contributed by atoms with Crippen LogP contribution in [0.1, 0.15) is 32.3 Å². The van der Waals surface area contributed by atoms with Crippen LogP contribution in [0.4, 0.5) is 5.69 Å². The topological polar surface area (TPSA) is 24.5 Å². The van der Waals surface area contributed by atoms with Gasteiger partial charge in [-0.2, -0.15) is 0 Å². The first kappa shape index (κ1) is 17.0. The molecule has 0 fully saturated rings. The lowest BCUT2D eigenvalue weighted by Gasteiger charge is -2.19. The Balaban J connectivity index is 2.08. The SMILES string of the molecule is CCOCCCCNCCN(C)c1ccc(CC)cc1. The van der Waals surface area contributed by atoms with Crippen LogP contribution in [-0.2, 0) is 11.2 Å². The number of benzene rings is 1. The average molecular weight is 278 g/mol. The zero-order valence-corrected chi connectivity index (χ0v) is 13.3. The lowest BCUT2D eigenvalue weighted by atomic mass is 10.1. The third-order valence-corrected chi connectivity index (χ3v) is 3.51. The summed E-state index contributed by atoms with van der Waals surface area (Å²) in [7, 11) is 2.15. The summed E-state index contributed by atoms with van der Waals surface area (Å²) in [5.41, 5.74) is 2.69. The van der Waals surface area contributed by atoms with Gasteiger partial charge >= 0.3 is 0 Å². The maximum absolute atomic E-state index is 5.32. The maximum Gasteiger partial charge on any atom is 0.0466 e. The quantitative estimate of drug-likeness (QED) is 0.630. The minimum absolute atomic E-state index is 0.828. The van der Waals surface area contributed by atoms with Crippen molar-refractivity contribution in [3.63, 3.8) is 0 Å². The van der Waals surface area contributed by atoms with E-state index in [1.54, 1.807) is 0 Å². The third-order valence-electron chi connectivity index (χ3n) is 3.51. The highest BCUT2D eigenvalue weighted by Gasteiger charge is 2.00. The molecule has 1 rings (SSSR count). The molecule has 114 valence electrons. The second kappa shape index (κ2) is 10.7. The van der Waals surface area contributed by atoms with Crippen molar-refractivity contribution < 1.29 is 4.74 Å². The van der Waals surface area contributed by atoms with Gasteiger partial charge in [-0.05, 0) is 50.4 Å². The van der Waals surface area contributed by atoms with E-state index in [4.69, 9.17) is 4.74 Å². The van der Waals surface area contributed by atoms with Gasteiger partial charge in [0.2, 0.25) is 0 Å². The number of nitrogens with zero attached hydrogens (tertiary/aromatic N) is 1. The first-order valence-corrected chi connectivity index (χ1v) is 7.86. The molecule has 20 heavy (non-hydrogen) atoms. The fourth-order valence-electron chi connectivity index (χ4n) is 2.09. The Labute approximate surface area is 124 Å². The smallest absolute Gasteiger partial charge is 0.0466 e. The van der Waals surface area contributed by atoms with Crippen LogP contribution in [0, 0.1) is 0 Å². The number of nitrogens with one attached hydrogen (secondary N) is 1. The van der Waals surface area contributed by atoms with Gasteiger partial charge in [0.25, 0.3) is 0 Å². The van der Waals surface area contributed by atoms with Crippen molar-refractivity contribution in [2.24, 2.45) is 0 Å². The molecule has 0 bridgehead atoms. The zero-order valence-electron chi connectivity index (χ0n) is 13.3. The van der Waals surface area contributed by atoms with E-state index in [-0.39, 0.29) is 0 Å². The van der Waals surface area contributed by atoms with Crippen molar-refractivity contribution in [1.82, 2.24) is 5.32 Å². The molecule has 1 aromatic carbocycles. The number of aryl methyl sites for hydroxylation is 1. The second-order valence-corrected chi connectivity index (χ2v) is 5.10. The number of rotatable bonds is 11. The van der Waals surface area contributed by atoms with E-state index in [1.807, 2.05) is 6.92 Å². The van der Waals surface area contributed by atoms with Crippen LogP contribution in [0.3, 0.4) is 0 Å². The van der Waals surface area contributed by atoms with Crippen molar-refractivity contribution in [1.29, 1.82) is 0 Å². The lowest BCUT2D eigenvalue weighted by molar-refractivity contribution is 0.143. The molecule has 3 heteroatoms. The highest BCUT2D eigenvalue weighted by molar-refractivity contribution is 5.46. The van der Waals surface area contributed by atoms with Gasteiger partial charge in [-0.15, -0.1) is 0 Å². The summed E-state index contributed by atoms with van der Waals surface area (Å²) in [4.78, 5) is 2.30. The Kier molecular flexibility index (Phi) is 9.09. The monoisotopic (exact) mass is 278 g/mol. The highest BCUT2D eigenvalue weighted by Crippen LogP contribution is 2.13. The number of likely N-dealkylation sites (N-methyl/N-ethyl adjacent to an activating group) is 1. The predicted molar refractivity (Wildman–Crippen MR) is 87.7 cm³/mol. The highest BCUT2D eigenvalue weighted by atomic mass is 16.5. The molecule has 0 saturated carbocycles. The number of hydrogen-bond acceptors (Lipinski definition) is 3. The van der Waals surface area contributed by atoms with E-state index in [2.05, 4.69) is 48.5 Å². The molecule has 0 amide bonds. The summed E-state index contributed by atoms with van der Waals surface area (Å²) in [5.74, 6) is 0. The fraction of sp³-hybridized carbons (Fsp3) is 0.647. The predicted octanol–water partition coefficient (Wildman–Crippen LogP) is 3.09. The maximum atomic E-state index is 5.32. The summed E-state index contributed by atoms with van der Waals surface area (Å²) >= 11 is 0.